The second-order valence-corrected chi connectivity index (χ2v) is 4.45. The van der Waals surface area contributed by atoms with Crippen LogP contribution in [-0.4, -0.2) is 32.9 Å². The molecule has 0 bridgehead atoms. The molecule has 1 aromatic carbocycles. The number of hydrogen-bond acceptors (Lipinski definition) is 4. The van der Waals surface area contributed by atoms with Crippen LogP contribution in [0.5, 0.6) is 17.2 Å². The number of methoxy groups -OCH3 is 1. The molecule has 1 atom stereocenters. The minimum Gasteiger partial charge on any atom is -0.493 e. The van der Waals surface area contributed by atoms with Gasteiger partial charge in [0.05, 0.1) is 7.11 Å². The van der Waals surface area contributed by atoms with E-state index in [2.05, 4.69) is 31.3 Å². The topological polar surface area (TPSA) is 39.7 Å². The molecule has 1 unspecified atom stereocenters. The van der Waals surface area contributed by atoms with Gasteiger partial charge in [0.25, 0.3) is 0 Å². The van der Waals surface area contributed by atoms with Crippen molar-refractivity contribution in [2.24, 2.45) is 0 Å². The summed E-state index contributed by atoms with van der Waals surface area (Å²) in [6, 6.07) is 4.28. The average Bonchev–Trinajstić information content (AvgIpc) is 2.44. The van der Waals surface area contributed by atoms with Crippen LogP contribution in [0, 0.1) is 0 Å². The summed E-state index contributed by atoms with van der Waals surface area (Å²) in [6.07, 6.45) is 4.18. The van der Waals surface area contributed by atoms with Crippen molar-refractivity contribution in [1.82, 2.24) is 5.32 Å². The van der Waals surface area contributed by atoms with Crippen molar-refractivity contribution in [3.05, 3.63) is 23.8 Å². The fraction of sp³-hybridized carbons (Fsp3) is 0.467. The molecule has 104 valence electrons. The van der Waals surface area contributed by atoms with E-state index in [-0.39, 0.29) is 0 Å². The van der Waals surface area contributed by atoms with E-state index in [0.29, 0.717) is 30.8 Å². The molecule has 1 aliphatic heterocycles. The van der Waals surface area contributed by atoms with Gasteiger partial charge in [-0.15, -0.1) is 0 Å². The zero-order valence-corrected chi connectivity index (χ0v) is 11.7. The van der Waals surface area contributed by atoms with Gasteiger partial charge in [-0.25, -0.2) is 0 Å². The quantitative estimate of drug-likeness (QED) is 0.886. The molecule has 0 saturated heterocycles. The van der Waals surface area contributed by atoms with Crippen molar-refractivity contribution in [2.75, 3.05) is 26.9 Å². The van der Waals surface area contributed by atoms with Crippen molar-refractivity contribution in [3.63, 3.8) is 0 Å². The third-order valence-electron chi connectivity index (χ3n) is 2.95. The first-order valence-electron chi connectivity index (χ1n) is 6.63. The number of ether oxygens (including phenoxy) is 3. The predicted octanol–water partition coefficient (Wildman–Crippen LogP) is 2.48. The van der Waals surface area contributed by atoms with Gasteiger partial charge >= 0.3 is 0 Å². The predicted molar refractivity (Wildman–Crippen MR) is 76.2 cm³/mol. The molecule has 0 radical (unpaired) electrons. The number of nitrogens with one attached hydrogen (secondary N) is 1. The highest BCUT2D eigenvalue weighted by atomic mass is 16.6. The van der Waals surface area contributed by atoms with Gasteiger partial charge in [-0.2, -0.15) is 0 Å². The maximum Gasteiger partial charge on any atom is 0.203 e. The fourth-order valence-corrected chi connectivity index (χ4v) is 2.04. The number of benzene rings is 1. The molecule has 1 aliphatic rings. The highest BCUT2D eigenvalue weighted by Gasteiger charge is 2.17. The minimum absolute atomic E-state index is 0.337. The molecule has 0 spiro atoms. The summed E-state index contributed by atoms with van der Waals surface area (Å²) in [5.41, 5.74) is 1.05. The van der Waals surface area contributed by atoms with Crippen LogP contribution in [0.1, 0.15) is 19.4 Å². The third kappa shape index (κ3) is 3.41. The number of fused-ring (bicyclic) bond motifs is 1. The molecule has 0 fully saturated rings. The number of rotatable bonds is 5. The Morgan fingerprint density at radius 3 is 2.89 bits per heavy atom. The van der Waals surface area contributed by atoms with E-state index in [1.165, 1.54) is 0 Å². The molecule has 4 nitrogen and oxygen atoms in total. The summed E-state index contributed by atoms with van der Waals surface area (Å²) in [5, 5.41) is 3.33. The van der Waals surface area contributed by atoms with E-state index < -0.39 is 0 Å². The summed E-state index contributed by atoms with van der Waals surface area (Å²) >= 11 is 0. The van der Waals surface area contributed by atoms with Crippen LogP contribution in [0.25, 0.3) is 6.08 Å². The van der Waals surface area contributed by atoms with Crippen LogP contribution in [0.15, 0.2) is 18.2 Å². The summed E-state index contributed by atoms with van der Waals surface area (Å²) in [4.78, 5) is 0. The Bertz CT molecular complexity index is 440. The summed E-state index contributed by atoms with van der Waals surface area (Å²) in [6.45, 7) is 6.32. The Balaban J connectivity index is 2.22. The lowest BCUT2D eigenvalue weighted by atomic mass is 10.1. The van der Waals surface area contributed by atoms with Crippen molar-refractivity contribution in [2.45, 2.75) is 19.9 Å². The fourth-order valence-electron chi connectivity index (χ4n) is 2.04. The van der Waals surface area contributed by atoms with Gasteiger partial charge in [0, 0.05) is 6.04 Å². The van der Waals surface area contributed by atoms with Gasteiger partial charge in [-0.3, -0.25) is 0 Å². The highest BCUT2D eigenvalue weighted by molar-refractivity contribution is 5.62. The van der Waals surface area contributed by atoms with E-state index in [0.717, 1.165) is 17.9 Å². The van der Waals surface area contributed by atoms with E-state index in [1.54, 1.807) is 7.11 Å². The lowest BCUT2D eigenvalue weighted by molar-refractivity contribution is 0.165. The van der Waals surface area contributed by atoms with E-state index >= 15 is 0 Å². The Morgan fingerprint density at radius 2 is 2.16 bits per heavy atom. The lowest BCUT2D eigenvalue weighted by Gasteiger charge is -2.21. The molecule has 1 N–H and O–H groups in total. The van der Waals surface area contributed by atoms with Gasteiger partial charge in [-0.05, 0) is 31.2 Å². The van der Waals surface area contributed by atoms with Gasteiger partial charge in [-0.1, -0.05) is 19.1 Å². The first-order valence-corrected chi connectivity index (χ1v) is 6.63. The molecule has 2 rings (SSSR count). The van der Waals surface area contributed by atoms with Crippen LogP contribution in [0.3, 0.4) is 0 Å². The highest BCUT2D eigenvalue weighted by Crippen LogP contribution is 2.40. The monoisotopic (exact) mass is 263 g/mol. The van der Waals surface area contributed by atoms with Crippen LogP contribution in [-0.2, 0) is 0 Å². The zero-order valence-electron chi connectivity index (χ0n) is 11.7. The third-order valence-corrected chi connectivity index (χ3v) is 2.95. The molecule has 0 aromatic heterocycles. The first-order chi connectivity index (χ1) is 9.24. The molecule has 0 aliphatic carbocycles. The molecule has 19 heavy (non-hydrogen) atoms. The van der Waals surface area contributed by atoms with E-state index in [4.69, 9.17) is 14.2 Å². The molecule has 1 heterocycles. The molecule has 0 saturated carbocycles. The van der Waals surface area contributed by atoms with Gasteiger partial charge in [0.2, 0.25) is 5.75 Å². The minimum atomic E-state index is 0.337. The standard InChI is InChI=1S/C15H21NO3/c1-4-16-11(2)5-6-12-9-13(17-3)15-14(10-12)18-7-8-19-15/h5-6,9-11,16H,4,7-8H2,1-3H3/b6-5+. The molecular weight excluding hydrogens is 242 g/mol. The molecular formula is C15H21NO3. The summed E-state index contributed by atoms with van der Waals surface area (Å²) < 4.78 is 16.5. The van der Waals surface area contributed by atoms with Crippen LogP contribution in [0.4, 0.5) is 0 Å². The van der Waals surface area contributed by atoms with Crippen molar-refractivity contribution >= 4 is 6.08 Å². The van der Waals surface area contributed by atoms with Crippen LogP contribution < -0.4 is 19.5 Å². The van der Waals surface area contributed by atoms with Gasteiger partial charge in [0.1, 0.15) is 13.2 Å². The Labute approximate surface area is 114 Å². The summed E-state index contributed by atoms with van der Waals surface area (Å²) in [5.74, 6) is 2.17. The Hall–Kier alpha value is -1.68. The second kappa shape index (κ2) is 6.48. The zero-order chi connectivity index (χ0) is 13.7. The van der Waals surface area contributed by atoms with Crippen molar-refractivity contribution in [3.8, 4) is 17.2 Å². The molecule has 4 heteroatoms. The maximum absolute atomic E-state index is 5.61. The van der Waals surface area contributed by atoms with E-state index in [9.17, 15) is 0 Å². The SMILES string of the molecule is CCNC(C)/C=C/c1cc(OC)c2c(c1)OCCO2. The summed E-state index contributed by atoms with van der Waals surface area (Å²) in [7, 11) is 1.64. The second-order valence-electron chi connectivity index (χ2n) is 4.45. The Morgan fingerprint density at radius 1 is 1.37 bits per heavy atom. The van der Waals surface area contributed by atoms with Gasteiger partial charge in [0.15, 0.2) is 11.5 Å². The van der Waals surface area contributed by atoms with Crippen LogP contribution >= 0.6 is 0 Å². The van der Waals surface area contributed by atoms with E-state index in [1.807, 2.05) is 12.1 Å². The smallest absolute Gasteiger partial charge is 0.203 e. The van der Waals surface area contributed by atoms with Gasteiger partial charge < -0.3 is 19.5 Å². The molecule has 0 amide bonds. The van der Waals surface area contributed by atoms with Crippen molar-refractivity contribution in [1.29, 1.82) is 0 Å². The number of likely N-dealkylation sites (N-methyl/N-ethyl adjacent to an activating group) is 1. The normalized spacial score (nSPS) is 15.5. The first kappa shape index (κ1) is 13.7. The lowest BCUT2D eigenvalue weighted by Crippen LogP contribution is -2.22. The largest absolute Gasteiger partial charge is 0.493 e. The van der Waals surface area contributed by atoms with Crippen LogP contribution in [0.2, 0.25) is 0 Å². The maximum atomic E-state index is 5.61. The average molecular weight is 263 g/mol. The Kier molecular flexibility index (Phi) is 4.68. The molecule has 1 aromatic rings. The van der Waals surface area contributed by atoms with Crippen molar-refractivity contribution < 1.29 is 14.2 Å². The number of hydrogen-bond donors (Lipinski definition) is 1.